The maximum Gasteiger partial charge on any atom is 0.191 e. The summed E-state index contributed by atoms with van der Waals surface area (Å²) in [6, 6.07) is 6.16. The van der Waals surface area contributed by atoms with Crippen molar-refractivity contribution in [2.75, 3.05) is 46.1 Å². The van der Waals surface area contributed by atoms with Gasteiger partial charge >= 0.3 is 0 Å². The molecule has 1 saturated heterocycles. The normalized spacial score (nSPS) is 20.2. The van der Waals surface area contributed by atoms with Gasteiger partial charge in [-0.15, -0.1) is 0 Å². The lowest BCUT2D eigenvalue weighted by molar-refractivity contribution is 0.131. The predicted octanol–water partition coefficient (Wildman–Crippen LogP) is 2.03. The highest BCUT2D eigenvalue weighted by Crippen LogP contribution is 2.32. The second-order valence-electron chi connectivity index (χ2n) is 6.97. The average molecular weight is 364 g/mol. The number of hydrogen-bond acceptors (Lipinski definition) is 4. The Labute approximate surface area is 157 Å². The quantitative estimate of drug-likeness (QED) is 0.356. The molecule has 6 nitrogen and oxygen atoms in total. The lowest BCUT2D eigenvalue weighted by atomic mass is 9.84. The van der Waals surface area contributed by atoms with Crippen LogP contribution in [0.15, 0.2) is 23.2 Å². The van der Waals surface area contributed by atoms with Gasteiger partial charge in [-0.05, 0) is 44.7 Å². The summed E-state index contributed by atoms with van der Waals surface area (Å²) in [5.74, 6) is 1.74. The highest BCUT2D eigenvalue weighted by Gasteiger charge is 2.34. The summed E-state index contributed by atoms with van der Waals surface area (Å²) in [6.45, 7) is 10.5. The van der Waals surface area contributed by atoms with E-state index in [2.05, 4.69) is 36.6 Å². The van der Waals surface area contributed by atoms with Gasteiger partial charge in [0, 0.05) is 25.2 Å². The summed E-state index contributed by atoms with van der Waals surface area (Å²) in [5.41, 5.74) is 2.27. The van der Waals surface area contributed by atoms with Crippen LogP contribution < -0.4 is 15.4 Å². The Balaban J connectivity index is 1.85. The third kappa shape index (κ3) is 5.88. The number of aliphatic imine (C=N–C) groups is 1. The van der Waals surface area contributed by atoms with E-state index in [1.165, 1.54) is 0 Å². The number of nitrogens with one attached hydrogen (secondary N) is 2. The molecule has 1 atom stereocenters. The van der Waals surface area contributed by atoms with Crippen LogP contribution in [-0.4, -0.2) is 57.1 Å². The molecular weight excluding hydrogens is 330 g/mol. The minimum Gasteiger partial charge on any atom is -0.491 e. The largest absolute Gasteiger partial charge is 0.491 e. The van der Waals surface area contributed by atoms with Crippen molar-refractivity contribution in [2.24, 2.45) is 10.4 Å². The van der Waals surface area contributed by atoms with Crippen LogP contribution in [0.3, 0.4) is 0 Å². The van der Waals surface area contributed by atoms with E-state index < -0.39 is 0 Å². The summed E-state index contributed by atoms with van der Waals surface area (Å²) < 4.78 is 11.5. The van der Waals surface area contributed by atoms with E-state index in [9.17, 15) is 5.11 Å². The second-order valence-corrected chi connectivity index (χ2v) is 6.97. The summed E-state index contributed by atoms with van der Waals surface area (Å²) in [7, 11) is 0. The van der Waals surface area contributed by atoms with Gasteiger partial charge in [-0.25, -0.2) is 0 Å². The van der Waals surface area contributed by atoms with Gasteiger partial charge in [0.1, 0.15) is 12.4 Å². The number of para-hydroxylation sites is 1. The van der Waals surface area contributed by atoms with Gasteiger partial charge in [-0.1, -0.05) is 18.2 Å². The fourth-order valence-electron chi connectivity index (χ4n) is 3.23. The lowest BCUT2D eigenvalue weighted by Crippen LogP contribution is -2.40. The molecule has 1 aliphatic heterocycles. The molecule has 1 fully saturated rings. The highest BCUT2D eigenvalue weighted by atomic mass is 16.5. The summed E-state index contributed by atoms with van der Waals surface area (Å²) in [6.07, 6.45) is 1.68. The minimum absolute atomic E-state index is 0.0358. The molecule has 0 bridgehead atoms. The third-order valence-corrected chi connectivity index (χ3v) is 4.79. The van der Waals surface area contributed by atoms with E-state index in [-0.39, 0.29) is 12.0 Å². The van der Waals surface area contributed by atoms with Crippen LogP contribution in [-0.2, 0) is 4.74 Å². The fourth-order valence-corrected chi connectivity index (χ4v) is 3.23. The van der Waals surface area contributed by atoms with Gasteiger partial charge in [-0.2, -0.15) is 0 Å². The Kier molecular flexibility index (Phi) is 8.19. The molecule has 1 aromatic rings. The maximum atomic E-state index is 9.34. The van der Waals surface area contributed by atoms with E-state index in [0.717, 1.165) is 48.8 Å². The molecule has 1 aliphatic rings. The Hall–Kier alpha value is -1.79. The predicted molar refractivity (Wildman–Crippen MR) is 105 cm³/mol. The molecular formula is C20H33N3O3. The number of ether oxygens (including phenoxy) is 2. The molecule has 3 N–H and O–H groups in total. The number of aliphatic hydroxyl groups excluding tert-OH is 1. The van der Waals surface area contributed by atoms with Crippen LogP contribution in [0.5, 0.6) is 5.75 Å². The molecule has 2 rings (SSSR count). The van der Waals surface area contributed by atoms with Crippen LogP contribution in [0.25, 0.3) is 0 Å². The molecule has 0 aliphatic carbocycles. The maximum absolute atomic E-state index is 9.34. The molecule has 26 heavy (non-hydrogen) atoms. The van der Waals surface area contributed by atoms with E-state index in [1.807, 2.05) is 13.0 Å². The second kappa shape index (κ2) is 10.4. The van der Waals surface area contributed by atoms with Crippen molar-refractivity contribution in [3.63, 3.8) is 0 Å². The third-order valence-electron chi connectivity index (χ3n) is 4.79. The molecule has 146 valence electrons. The first-order valence-electron chi connectivity index (χ1n) is 9.50. The first kappa shape index (κ1) is 20.5. The van der Waals surface area contributed by atoms with Crippen LogP contribution in [0.4, 0.5) is 0 Å². The summed E-state index contributed by atoms with van der Waals surface area (Å²) in [4.78, 5) is 4.71. The van der Waals surface area contributed by atoms with E-state index in [4.69, 9.17) is 14.5 Å². The van der Waals surface area contributed by atoms with Gasteiger partial charge in [-0.3, -0.25) is 4.99 Å². The highest BCUT2D eigenvalue weighted by molar-refractivity contribution is 5.79. The van der Waals surface area contributed by atoms with Crippen molar-refractivity contribution in [3.05, 3.63) is 29.3 Å². The molecule has 1 heterocycles. The zero-order chi connectivity index (χ0) is 18.8. The number of aliphatic hydroxyl groups is 1. The van der Waals surface area contributed by atoms with Crippen LogP contribution in [0.2, 0.25) is 0 Å². The number of hydrogen-bond donors (Lipinski definition) is 3. The number of rotatable bonds is 9. The van der Waals surface area contributed by atoms with Crippen molar-refractivity contribution >= 4 is 5.96 Å². The van der Waals surface area contributed by atoms with Gasteiger partial charge < -0.3 is 25.2 Å². The first-order valence-corrected chi connectivity index (χ1v) is 9.50. The molecule has 1 aromatic carbocycles. The average Bonchev–Trinajstić information content (AvgIpc) is 3.07. The van der Waals surface area contributed by atoms with Crippen molar-refractivity contribution in [1.82, 2.24) is 10.6 Å². The van der Waals surface area contributed by atoms with E-state index >= 15 is 0 Å². The lowest BCUT2D eigenvalue weighted by Gasteiger charge is -2.24. The molecule has 1 unspecified atom stereocenters. The molecule has 0 radical (unpaired) electrons. The van der Waals surface area contributed by atoms with Crippen LogP contribution in [0, 0.1) is 19.3 Å². The van der Waals surface area contributed by atoms with Gasteiger partial charge in [0.05, 0.1) is 19.7 Å². The van der Waals surface area contributed by atoms with E-state index in [1.54, 1.807) is 0 Å². The molecule has 0 saturated carbocycles. The van der Waals surface area contributed by atoms with Crippen molar-refractivity contribution in [1.29, 1.82) is 0 Å². The summed E-state index contributed by atoms with van der Waals surface area (Å²) >= 11 is 0. The number of benzene rings is 1. The van der Waals surface area contributed by atoms with Crippen molar-refractivity contribution in [2.45, 2.75) is 33.6 Å². The Morgan fingerprint density at radius 3 is 2.69 bits per heavy atom. The van der Waals surface area contributed by atoms with Crippen molar-refractivity contribution < 1.29 is 14.6 Å². The Morgan fingerprint density at radius 2 is 2.08 bits per heavy atom. The van der Waals surface area contributed by atoms with Crippen LogP contribution in [0.1, 0.15) is 30.9 Å². The standard InChI is InChI=1S/C20H33N3O3/c1-4-21-19(23-14-20(8-11-24)9-12-25-15-20)22-10-13-26-18-16(2)6-5-7-17(18)3/h5-7,24H,4,8-15H2,1-3H3,(H2,21,22,23). The Morgan fingerprint density at radius 1 is 1.31 bits per heavy atom. The zero-order valence-corrected chi connectivity index (χ0v) is 16.3. The molecule has 0 aromatic heterocycles. The number of nitrogens with zero attached hydrogens (tertiary/aromatic N) is 1. The first-order chi connectivity index (χ1) is 12.6. The SMILES string of the molecule is CCNC(=NCC1(CCO)CCOC1)NCCOc1c(C)cccc1C. The molecule has 6 heteroatoms. The van der Waals surface area contributed by atoms with Gasteiger partial charge in [0.2, 0.25) is 0 Å². The molecule has 0 spiro atoms. The van der Waals surface area contributed by atoms with Crippen molar-refractivity contribution in [3.8, 4) is 5.75 Å². The summed E-state index contributed by atoms with van der Waals surface area (Å²) in [5, 5.41) is 15.9. The zero-order valence-electron chi connectivity index (χ0n) is 16.3. The van der Waals surface area contributed by atoms with Gasteiger partial charge in [0.25, 0.3) is 0 Å². The Bertz CT molecular complexity index is 563. The van der Waals surface area contributed by atoms with E-state index in [0.29, 0.717) is 26.3 Å². The van der Waals surface area contributed by atoms with Crippen LogP contribution >= 0.6 is 0 Å². The number of aryl methyl sites for hydroxylation is 2. The monoisotopic (exact) mass is 363 g/mol. The topological polar surface area (TPSA) is 75.1 Å². The smallest absolute Gasteiger partial charge is 0.191 e. The molecule has 0 amide bonds. The van der Waals surface area contributed by atoms with Gasteiger partial charge in [0.15, 0.2) is 5.96 Å². The minimum atomic E-state index is -0.0358. The fraction of sp³-hybridized carbons (Fsp3) is 0.650. The number of guanidine groups is 1.